The van der Waals surface area contributed by atoms with Crippen LogP contribution in [0, 0.1) is 13.8 Å². The number of benzene rings is 1. The Morgan fingerprint density at radius 2 is 1.89 bits per heavy atom. The zero-order valence-corrected chi connectivity index (χ0v) is 11.1. The third-order valence-electron chi connectivity index (χ3n) is 2.75. The second kappa shape index (κ2) is 4.46. The van der Waals surface area contributed by atoms with Crippen LogP contribution in [0.25, 0.3) is 11.0 Å². The number of pyridine rings is 1. The largest absolute Gasteiger partial charge is 0.275 e. The molecule has 18 heavy (non-hydrogen) atoms. The molecule has 0 aliphatic carbocycles. The van der Waals surface area contributed by atoms with Crippen molar-refractivity contribution in [2.24, 2.45) is 0 Å². The Morgan fingerprint density at radius 1 is 1.11 bits per heavy atom. The summed E-state index contributed by atoms with van der Waals surface area (Å²) in [5, 5.41) is 7.07. The highest BCUT2D eigenvalue weighted by Gasteiger charge is 2.07. The van der Waals surface area contributed by atoms with Gasteiger partial charge in [0.1, 0.15) is 5.52 Å². The van der Waals surface area contributed by atoms with E-state index in [4.69, 9.17) is 0 Å². The number of nitrogens with one attached hydrogen (secondary N) is 1. The number of H-pyrrole nitrogens is 1. The number of nitrogens with zero attached hydrogens (tertiary/aromatic N) is 2. The summed E-state index contributed by atoms with van der Waals surface area (Å²) < 4.78 is 0. The van der Waals surface area contributed by atoms with E-state index in [1.807, 2.05) is 6.92 Å². The average molecular weight is 255 g/mol. The van der Waals surface area contributed by atoms with E-state index in [1.54, 1.807) is 18.0 Å². The molecule has 3 nitrogen and oxygen atoms in total. The number of aromatic nitrogens is 3. The van der Waals surface area contributed by atoms with Gasteiger partial charge in [0.05, 0.1) is 11.7 Å². The molecule has 3 rings (SSSR count). The second-order valence-corrected chi connectivity index (χ2v) is 5.42. The fourth-order valence-electron chi connectivity index (χ4n) is 1.84. The molecule has 0 saturated heterocycles. The lowest BCUT2D eigenvalue weighted by molar-refractivity contribution is 1.11. The first-order chi connectivity index (χ1) is 8.72. The fourth-order valence-corrected chi connectivity index (χ4v) is 2.85. The molecule has 0 bridgehead atoms. The maximum absolute atomic E-state index is 4.44. The minimum Gasteiger partial charge on any atom is -0.275 e. The molecular weight excluding hydrogens is 242 g/mol. The third kappa shape index (κ3) is 2.11. The molecule has 0 amide bonds. The van der Waals surface area contributed by atoms with Gasteiger partial charge in [0.25, 0.3) is 0 Å². The summed E-state index contributed by atoms with van der Waals surface area (Å²) in [5.74, 6) is 0. The van der Waals surface area contributed by atoms with Gasteiger partial charge in [-0.2, -0.15) is 5.10 Å². The first kappa shape index (κ1) is 11.3. The molecule has 90 valence electrons. The first-order valence-corrected chi connectivity index (χ1v) is 6.59. The second-order valence-electron chi connectivity index (χ2n) is 4.31. The molecule has 0 fully saturated rings. The molecule has 2 heterocycles. The van der Waals surface area contributed by atoms with Gasteiger partial charge in [0.2, 0.25) is 0 Å². The van der Waals surface area contributed by atoms with Crippen LogP contribution >= 0.6 is 11.8 Å². The van der Waals surface area contributed by atoms with Crippen LogP contribution in [-0.2, 0) is 0 Å². The van der Waals surface area contributed by atoms with Gasteiger partial charge >= 0.3 is 0 Å². The number of hydrogen-bond donors (Lipinski definition) is 1. The Labute approximate surface area is 110 Å². The van der Waals surface area contributed by atoms with Crippen LogP contribution in [0.15, 0.2) is 46.3 Å². The van der Waals surface area contributed by atoms with Crippen molar-refractivity contribution in [3.05, 3.63) is 47.8 Å². The molecule has 0 radical (unpaired) electrons. The minimum atomic E-state index is 0.921. The molecule has 2 aromatic heterocycles. The van der Waals surface area contributed by atoms with Crippen molar-refractivity contribution in [1.29, 1.82) is 0 Å². The number of aromatic amines is 1. The Kier molecular flexibility index (Phi) is 2.80. The highest BCUT2D eigenvalue weighted by atomic mass is 32.2. The van der Waals surface area contributed by atoms with Gasteiger partial charge in [-0.3, -0.25) is 5.10 Å². The SMILES string of the molecule is Cc1ccc(Sc2cc(C)nc3cn[nH]c23)cc1. The molecule has 4 heteroatoms. The summed E-state index contributed by atoms with van der Waals surface area (Å²) in [7, 11) is 0. The van der Waals surface area contributed by atoms with Gasteiger partial charge in [-0.15, -0.1) is 0 Å². The molecule has 1 N–H and O–H groups in total. The van der Waals surface area contributed by atoms with Crippen molar-refractivity contribution < 1.29 is 0 Å². The molecular formula is C14H13N3S. The zero-order chi connectivity index (χ0) is 12.5. The van der Waals surface area contributed by atoms with Crippen molar-refractivity contribution in [2.75, 3.05) is 0 Å². The van der Waals surface area contributed by atoms with Crippen LogP contribution in [0.2, 0.25) is 0 Å². The van der Waals surface area contributed by atoms with Crippen LogP contribution in [0.3, 0.4) is 0 Å². The molecule has 0 atom stereocenters. The Bertz CT molecular complexity index is 686. The minimum absolute atomic E-state index is 0.921. The Hall–Kier alpha value is -1.81. The zero-order valence-electron chi connectivity index (χ0n) is 10.3. The van der Waals surface area contributed by atoms with Crippen LogP contribution in [-0.4, -0.2) is 15.2 Å². The van der Waals surface area contributed by atoms with Crippen molar-refractivity contribution >= 4 is 22.8 Å². The normalized spacial score (nSPS) is 11.0. The van der Waals surface area contributed by atoms with Gasteiger partial charge in [0, 0.05) is 15.5 Å². The van der Waals surface area contributed by atoms with Crippen LogP contribution in [0.1, 0.15) is 11.3 Å². The summed E-state index contributed by atoms with van der Waals surface area (Å²) in [5.41, 5.74) is 4.21. The Morgan fingerprint density at radius 3 is 2.67 bits per heavy atom. The maximum atomic E-state index is 4.44. The quantitative estimate of drug-likeness (QED) is 0.758. The van der Waals surface area contributed by atoms with Crippen molar-refractivity contribution in [2.45, 2.75) is 23.6 Å². The highest BCUT2D eigenvalue weighted by molar-refractivity contribution is 7.99. The lowest BCUT2D eigenvalue weighted by atomic mass is 10.2. The van der Waals surface area contributed by atoms with Gasteiger partial charge in [-0.1, -0.05) is 29.5 Å². The highest BCUT2D eigenvalue weighted by Crippen LogP contribution is 2.32. The first-order valence-electron chi connectivity index (χ1n) is 5.77. The lowest BCUT2D eigenvalue weighted by Crippen LogP contribution is -1.85. The standard InChI is InChI=1S/C14H13N3S/c1-9-3-5-11(6-4-9)18-13-7-10(2)16-12-8-15-17-14(12)13/h3-8H,1-2H3,(H,15,17). The van der Waals surface area contributed by atoms with Gasteiger partial charge in [0.15, 0.2) is 0 Å². The van der Waals surface area contributed by atoms with E-state index in [9.17, 15) is 0 Å². The van der Waals surface area contributed by atoms with E-state index >= 15 is 0 Å². The number of rotatable bonds is 2. The van der Waals surface area contributed by atoms with E-state index in [0.717, 1.165) is 16.7 Å². The maximum Gasteiger partial charge on any atom is 0.109 e. The van der Waals surface area contributed by atoms with Crippen LogP contribution in [0.4, 0.5) is 0 Å². The van der Waals surface area contributed by atoms with E-state index in [1.165, 1.54) is 15.4 Å². The summed E-state index contributed by atoms with van der Waals surface area (Å²) in [6.45, 7) is 4.10. The summed E-state index contributed by atoms with van der Waals surface area (Å²) in [6.07, 6.45) is 1.77. The van der Waals surface area contributed by atoms with Crippen molar-refractivity contribution in [3.8, 4) is 0 Å². The smallest absolute Gasteiger partial charge is 0.109 e. The van der Waals surface area contributed by atoms with Gasteiger partial charge < -0.3 is 0 Å². The molecule has 0 saturated carbocycles. The van der Waals surface area contributed by atoms with E-state index in [0.29, 0.717) is 0 Å². The van der Waals surface area contributed by atoms with Crippen molar-refractivity contribution in [3.63, 3.8) is 0 Å². The summed E-state index contributed by atoms with van der Waals surface area (Å²) in [4.78, 5) is 6.83. The summed E-state index contributed by atoms with van der Waals surface area (Å²) in [6, 6.07) is 10.6. The summed E-state index contributed by atoms with van der Waals surface area (Å²) >= 11 is 1.73. The van der Waals surface area contributed by atoms with Crippen LogP contribution < -0.4 is 0 Å². The molecule has 0 aliphatic rings. The Balaban J connectivity index is 2.03. The molecule has 3 aromatic rings. The number of aryl methyl sites for hydroxylation is 2. The van der Waals surface area contributed by atoms with Crippen LogP contribution in [0.5, 0.6) is 0 Å². The van der Waals surface area contributed by atoms with E-state index < -0.39 is 0 Å². The van der Waals surface area contributed by atoms with Gasteiger partial charge in [-0.25, -0.2) is 4.98 Å². The third-order valence-corrected chi connectivity index (χ3v) is 3.80. The number of fused-ring (bicyclic) bond motifs is 1. The fraction of sp³-hybridized carbons (Fsp3) is 0.143. The molecule has 0 unspecified atom stereocenters. The predicted octanol–water partition coefficient (Wildman–Crippen LogP) is 3.73. The van der Waals surface area contributed by atoms with Gasteiger partial charge in [-0.05, 0) is 32.0 Å². The van der Waals surface area contributed by atoms with E-state index in [2.05, 4.69) is 52.4 Å². The molecule has 0 spiro atoms. The predicted molar refractivity (Wildman–Crippen MR) is 73.9 cm³/mol. The van der Waals surface area contributed by atoms with E-state index in [-0.39, 0.29) is 0 Å². The molecule has 1 aromatic carbocycles. The molecule has 0 aliphatic heterocycles. The number of hydrogen-bond acceptors (Lipinski definition) is 3. The monoisotopic (exact) mass is 255 g/mol. The average Bonchev–Trinajstić information content (AvgIpc) is 2.80. The van der Waals surface area contributed by atoms with Crippen molar-refractivity contribution in [1.82, 2.24) is 15.2 Å². The topological polar surface area (TPSA) is 41.6 Å². The lowest BCUT2D eigenvalue weighted by Gasteiger charge is -2.04.